The number of rotatable bonds is 5. The van der Waals surface area contributed by atoms with Gasteiger partial charge < -0.3 is 30.0 Å². The number of aliphatic carboxylic acids is 1. The molecule has 4 rings (SSSR count). The van der Waals surface area contributed by atoms with Crippen LogP contribution in [0.25, 0.3) is 0 Å². The molecule has 1 aliphatic carbocycles. The molecule has 1 aliphatic heterocycles. The van der Waals surface area contributed by atoms with Crippen molar-refractivity contribution in [1.82, 2.24) is 0 Å². The number of carboxylic acids is 1. The van der Waals surface area contributed by atoms with E-state index in [1.54, 1.807) is 42.5 Å². The molecule has 1 saturated carbocycles. The van der Waals surface area contributed by atoms with Gasteiger partial charge in [-0.05, 0) is 37.1 Å². The number of anilines is 2. The number of fused-ring (bicyclic) bond motifs is 1. The third-order valence-corrected chi connectivity index (χ3v) is 5.47. The quantitative estimate of drug-likeness (QED) is 0.782. The minimum absolute atomic E-state index is 0.135. The summed E-state index contributed by atoms with van der Waals surface area (Å²) < 4.78 is 10.6. The van der Waals surface area contributed by atoms with Gasteiger partial charge in [-0.15, -0.1) is 0 Å². The number of benzene rings is 2. The zero-order valence-electron chi connectivity index (χ0n) is 16.2. The van der Waals surface area contributed by atoms with Crippen molar-refractivity contribution in [3.8, 4) is 11.5 Å². The second kappa shape index (κ2) is 8.44. The molecule has 1 heterocycles. The summed E-state index contributed by atoms with van der Waals surface area (Å²) in [7, 11) is 0. The number of amides is 2. The van der Waals surface area contributed by atoms with Crippen LogP contribution in [0.4, 0.5) is 11.4 Å². The van der Waals surface area contributed by atoms with Gasteiger partial charge in [0.25, 0.3) is 5.91 Å². The molecule has 2 unspecified atom stereocenters. The zero-order chi connectivity index (χ0) is 21.1. The van der Waals surface area contributed by atoms with Gasteiger partial charge in [-0.2, -0.15) is 0 Å². The lowest BCUT2D eigenvalue weighted by Crippen LogP contribution is -2.42. The molecule has 0 bridgehead atoms. The monoisotopic (exact) mass is 409 g/mol. The third-order valence-electron chi connectivity index (χ3n) is 5.47. The maximum absolute atomic E-state index is 12.8. The third kappa shape index (κ3) is 4.07. The molecule has 8 heteroatoms. The second-order valence-corrected chi connectivity index (χ2v) is 7.37. The average molecular weight is 409 g/mol. The zero-order valence-corrected chi connectivity index (χ0v) is 16.2. The summed E-state index contributed by atoms with van der Waals surface area (Å²) in [6, 6.07) is 11.7. The first-order chi connectivity index (χ1) is 14.5. The molecular weight excluding hydrogens is 388 g/mol. The molecular formula is C22H21N2O6-. The number of para-hydroxylation sites is 1. The van der Waals surface area contributed by atoms with Crippen molar-refractivity contribution in [3.05, 3.63) is 48.0 Å². The van der Waals surface area contributed by atoms with Gasteiger partial charge in [-0.25, -0.2) is 0 Å². The van der Waals surface area contributed by atoms with Gasteiger partial charge >= 0.3 is 0 Å². The van der Waals surface area contributed by atoms with Crippen LogP contribution in [0.2, 0.25) is 0 Å². The fourth-order valence-electron chi connectivity index (χ4n) is 3.92. The van der Waals surface area contributed by atoms with Crippen LogP contribution in [0.5, 0.6) is 11.5 Å². The van der Waals surface area contributed by atoms with Crippen LogP contribution in [0.3, 0.4) is 0 Å². The van der Waals surface area contributed by atoms with Crippen LogP contribution in [-0.2, 0) is 9.59 Å². The van der Waals surface area contributed by atoms with Crippen molar-refractivity contribution in [1.29, 1.82) is 0 Å². The topological polar surface area (TPSA) is 117 Å². The van der Waals surface area contributed by atoms with Crippen LogP contribution >= 0.6 is 0 Å². The molecule has 2 aromatic carbocycles. The molecule has 0 saturated heterocycles. The highest BCUT2D eigenvalue weighted by Crippen LogP contribution is 2.35. The second-order valence-electron chi connectivity index (χ2n) is 7.37. The normalized spacial score (nSPS) is 19.7. The van der Waals surface area contributed by atoms with Gasteiger partial charge in [-0.1, -0.05) is 25.0 Å². The molecule has 0 radical (unpaired) electrons. The first kappa shape index (κ1) is 19.8. The number of carbonyl (C=O) groups is 3. The highest BCUT2D eigenvalue weighted by atomic mass is 16.7. The van der Waals surface area contributed by atoms with E-state index in [9.17, 15) is 19.5 Å². The summed E-state index contributed by atoms with van der Waals surface area (Å²) in [4.78, 5) is 37.0. The van der Waals surface area contributed by atoms with Crippen molar-refractivity contribution in [2.45, 2.75) is 25.7 Å². The molecule has 2 amide bonds. The van der Waals surface area contributed by atoms with Crippen LogP contribution in [-0.4, -0.2) is 24.6 Å². The van der Waals surface area contributed by atoms with E-state index >= 15 is 0 Å². The Morgan fingerprint density at radius 1 is 0.900 bits per heavy atom. The highest BCUT2D eigenvalue weighted by Gasteiger charge is 2.32. The fourth-order valence-corrected chi connectivity index (χ4v) is 3.92. The number of ether oxygens (including phenoxy) is 2. The van der Waals surface area contributed by atoms with E-state index in [2.05, 4.69) is 10.6 Å². The number of hydrogen-bond acceptors (Lipinski definition) is 6. The summed E-state index contributed by atoms with van der Waals surface area (Å²) in [5.74, 6) is -2.36. The highest BCUT2D eigenvalue weighted by molar-refractivity contribution is 6.10. The summed E-state index contributed by atoms with van der Waals surface area (Å²) >= 11 is 0. The van der Waals surface area contributed by atoms with Crippen LogP contribution < -0.4 is 25.2 Å². The van der Waals surface area contributed by atoms with Gasteiger partial charge in [0.05, 0.1) is 11.3 Å². The molecule has 0 spiro atoms. The number of carboxylic acid groups (broad SMARTS) is 1. The minimum Gasteiger partial charge on any atom is -0.550 e. The first-order valence-corrected chi connectivity index (χ1v) is 9.84. The number of nitrogens with one attached hydrogen (secondary N) is 2. The van der Waals surface area contributed by atoms with Gasteiger partial charge in [0, 0.05) is 29.6 Å². The lowest BCUT2D eigenvalue weighted by atomic mass is 9.78. The van der Waals surface area contributed by atoms with Gasteiger partial charge in [0.1, 0.15) is 0 Å². The van der Waals surface area contributed by atoms with E-state index in [1.807, 2.05) is 0 Å². The minimum atomic E-state index is -1.20. The molecule has 30 heavy (non-hydrogen) atoms. The van der Waals surface area contributed by atoms with Crippen LogP contribution in [0.15, 0.2) is 42.5 Å². The van der Waals surface area contributed by atoms with E-state index in [0.717, 1.165) is 12.8 Å². The van der Waals surface area contributed by atoms with E-state index < -0.39 is 29.6 Å². The average Bonchev–Trinajstić information content (AvgIpc) is 3.22. The SMILES string of the molecule is O=C(Nc1ccc2c(c1)OCO2)c1ccccc1NC(=O)C1CCCCC1C(=O)[O-]. The lowest BCUT2D eigenvalue weighted by molar-refractivity contribution is -0.313. The van der Waals surface area contributed by atoms with E-state index in [-0.39, 0.29) is 12.4 Å². The van der Waals surface area contributed by atoms with E-state index in [0.29, 0.717) is 35.7 Å². The molecule has 156 valence electrons. The molecule has 2 N–H and O–H groups in total. The summed E-state index contributed by atoms with van der Waals surface area (Å²) in [5, 5.41) is 16.9. The van der Waals surface area contributed by atoms with Crippen LogP contribution in [0, 0.1) is 11.8 Å². The maximum atomic E-state index is 12.8. The molecule has 1 fully saturated rings. The Kier molecular flexibility index (Phi) is 5.56. The van der Waals surface area contributed by atoms with Gasteiger partial charge in [-0.3, -0.25) is 9.59 Å². The summed E-state index contributed by atoms with van der Waals surface area (Å²) in [5.41, 5.74) is 1.11. The Labute approximate surface area is 173 Å². The Morgan fingerprint density at radius 3 is 2.43 bits per heavy atom. The Hall–Kier alpha value is -3.55. The Balaban J connectivity index is 1.50. The van der Waals surface area contributed by atoms with E-state index in [4.69, 9.17) is 9.47 Å². The van der Waals surface area contributed by atoms with E-state index in [1.165, 1.54) is 0 Å². The first-order valence-electron chi connectivity index (χ1n) is 9.84. The molecule has 0 aromatic heterocycles. The molecule has 2 atom stereocenters. The predicted molar refractivity (Wildman–Crippen MR) is 106 cm³/mol. The summed E-state index contributed by atoms with van der Waals surface area (Å²) in [6.07, 6.45) is 2.45. The van der Waals surface area contributed by atoms with Crippen molar-refractivity contribution < 1.29 is 29.0 Å². The number of carbonyl (C=O) groups excluding carboxylic acids is 3. The van der Waals surface area contributed by atoms with Crippen molar-refractivity contribution >= 4 is 29.2 Å². The smallest absolute Gasteiger partial charge is 0.257 e. The molecule has 2 aromatic rings. The van der Waals surface area contributed by atoms with Crippen molar-refractivity contribution in [2.75, 3.05) is 17.4 Å². The van der Waals surface area contributed by atoms with Crippen molar-refractivity contribution in [3.63, 3.8) is 0 Å². The molecule has 2 aliphatic rings. The lowest BCUT2D eigenvalue weighted by Gasteiger charge is -2.31. The van der Waals surface area contributed by atoms with Gasteiger partial charge in [0.15, 0.2) is 11.5 Å². The largest absolute Gasteiger partial charge is 0.550 e. The number of hydrogen-bond donors (Lipinski definition) is 2. The standard InChI is InChI=1S/C22H22N2O6/c25-20(14-5-1-2-6-15(14)22(27)28)24-17-8-4-3-7-16(17)21(26)23-13-9-10-18-19(11-13)30-12-29-18/h3-4,7-11,14-15H,1-2,5-6,12H2,(H,23,26)(H,24,25)(H,27,28)/p-1. The molecule has 8 nitrogen and oxygen atoms in total. The Bertz CT molecular complexity index is 989. The fraction of sp³-hybridized carbons (Fsp3) is 0.318. The Morgan fingerprint density at radius 2 is 1.63 bits per heavy atom. The predicted octanol–water partition coefficient (Wildman–Crippen LogP) is 2.16. The summed E-state index contributed by atoms with van der Waals surface area (Å²) in [6.45, 7) is 0.135. The van der Waals surface area contributed by atoms with Crippen LogP contribution in [0.1, 0.15) is 36.0 Å². The maximum Gasteiger partial charge on any atom is 0.257 e. The van der Waals surface area contributed by atoms with Gasteiger partial charge in [0.2, 0.25) is 12.7 Å². The van der Waals surface area contributed by atoms with Crippen molar-refractivity contribution in [2.24, 2.45) is 11.8 Å².